The van der Waals surface area contributed by atoms with Crippen molar-refractivity contribution in [1.29, 1.82) is 0 Å². The molecule has 23 heavy (non-hydrogen) atoms. The van der Waals surface area contributed by atoms with E-state index in [1.165, 1.54) is 12.1 Å². The van der Waals surface area contributed by atoms with Gasteiger partial charge in [-0.15, -0.1) is 11.8 Å². The average molecular weight is 330 g/mol. The van der Waals surface area contributed by atoms with E-state index in [0.29, 0.717) is 11.1 Å². The molecule has 0 unspecified atom stereocenters. The van der Waals surface area contributed by atoms with Gasteiger partial charge in [0.05, 0.1) is 16.4 Å². The van der Waals surface area contributed by atoms with E-state index in [2.05, 4.69) is 0 Å². The molecular weight excluding hydrogens is 316 g/mol. The van der Waals surface area contributed by atoms with Crippen LogP contribution in [-0.4, -0.2) is 32.3 Å². The van der Waals surface area contributed by atoms with Crippen LogP contribution in [0.15, 0.2) is 36.4 Å². The van der Waals surface area contributed by atoms with E-state index in [1.807, 2.05) is 0 Å². The quantitative estimate of drug-likeness (QED) is 0.801. The molecule has 0 fully saturated rings. The lowest BCUT2D eigenvalue weighted by Crippen LogP contribution is -2.21. The second-order valence-corrected chi connectivity index (χ2v) is 6.76. The standard InChI is InChI=1S/C17H14O5S/c1-8(17(21)22)23-16-9-4-2-6-11(18)13(9)15(20)14-10(16)5-3-7-12(14)19/h2-8,16,18-19H,1H3,(H,21,22)/t8-/m0/s1. The van der Waals surface area contributed by atoms with Crippen molar-refractivity contribution in [3.8, 4) is 11.5 Å². The molecule has 0 aliphatic heterocycles. The van der Waals surface area contributed by atoms with E-state index in [9.17, 15) is 24.9 Å². The molecule has 1 aliphatic rings. The maximum Gasteiger partial charge on any atom is 0.316 e. The third-order valence-corrected chi connectivity index (χ3v) is 5.25. The van der Waals surface area contributed by atoms with E-state index >= 15 is 0 Å². The van der Waals surface area contributed by atoms with Crippen LogP contribution in [0.3, 0.4) is 0 Å². The number of carbonyl (C=O) groups excluding carboxylic acids is 1. The Kier molecular flexibility index (Phi) is 3.77. The van der Waals surface area contributed by atoms with Crippen LogP contribution in [-0.2, 0) is 4.79 Å². The summed E-state index contributed by atoms with van der Waals surface area (Å²) in [6.45, 7) is 1.56. The fraction of sp³-hybridized carbons (Fsp3) is 0.176. The Bertz CT molecular complexity index is 759. The van der Waals surface area contributed by atoms with Gasteiger partial charge in [-0.1, -0.05) is 24.3 Å². The molecule has 0 saturated carbocycles. The largest absolute Gasteiger partial charge is 0.507 e. The van der Waals surface area contributed by atoms with Gasteiger partial charge in [0.15, 0.2) is 0 Å². The van der Waals surface area contributed by atoms with Crippen LogP contribution in [0.2, 0.25) is 0 Å². The highest BCUT2D eigenvalue weighted by Gasteiger charge is 2.36. The minimum atomic E-state index is -0.963. The smallest absolute Gasteiger partial charge is 0.316 e. The first kappa shape index (κ1) is 15.4. The van der Waals surface area contributed by atoms with Gasteiger partial charge in [0, 0.05) is 0 Å². The van der Waals surface area contributed by atoms with Crippen LogP contribution < -0.4 is 0 Å². The molecule has 2 aromatic carbocycles. The zero-order chi connectivity index (χ0) is 16.7. The maximum absolute atomic E-state index is 12.7. The van der Waals surface area contributed by atoms with Crippen LogP contribution in [0.25, 0.3) is 0 Å². The molecule has 0 bridgehead atoms. The zero-order valence-electron chi connectivity index (χ0n) is 12.2. The first-order valence-electron chi connectivity index (χ1n) is 6.98. The van der Waals surface area contributed by atoms with Gasteiger partial charge in [-0.25, -0.2) is 0 Å². The van der Waals surface area contributed by atoms with Crippen LogP contribution >= 0.6 is 11.8 Å². The Morgan fingerprint density at radius 3 is 1.96 bits per heavy atom. The lowest BCUT2D eigenvalue weighted by atomic mass is 9.83. The number of benzene rings is 2. The van der Waals surface area contributed by atoms with Gasteiger partial charge in [0.2, 0.25) is 5.78 Å². The maximum atomic E-state index is 12.7. The summed E-state index contributed by atoms with van der Waals surface area (Å²) in [5.41, 5.74) is 1.37. The fourth-order valence-corrected chi connectivity index (χ4v) is 3.96. The minimum absolute atomic E-state index is 0.122. The molecular formula is C17H14O5S. The number of carboxylic acid groups (broad SMARTS) is 1. The van der Waals surface area contributed by atoms with Crippen LogP contribution in [0.1, 0.15) is 39.2 Å². The predicted molar refractivity (Wildman–Crippen MR) is 86.2 cm³/mol. The summed E-state index contributed by atoms with van der Waals surface area (Å²) in [6, 6.07) is 9.45. The molecule has 6 heteroatoms. The van der Waals surface area contributed by atoms with Crippen molar-refractivity contribution in [3.63, 3.8) is 0 Å². The lowest BCUT2D eigenvalue weighted by Gasteiger charge is -2.29. The third kappa shape index (κ3) is 2.45. The average Bonchev–Trinajstić information content (AvgIpc) is 2.50. The van der Waals surface area contributed by atoms with E-state index in [1.54, 1.807) is 31.2 Å². The SMILES string of the molecule is C[C@H](SC1c2cccc(O)c2C(=O)c2c(O)cccc21)C(=O)O. The number of phenols is 2. The van der Waals surface area contributed by atoms with Crippen molar-refractivity contribution in [3.05, 3.63) is 58.7 Å². The molecule has 5 nitrogen and oxygen atoms in total. The van der Waals surface area contributed by atoms with Crippen molar-refractivity contribution in [2.45, 2.75) is 17.4 Å². The molecule has 0 amide bonds. The number of carboxylic acids is 1. The number of hydrogen-bond acceptors (Lipinski definition) is 5. The number of fused-ring (bicyclic) bond motifs is 2. The predicted octanol–water partition coefficient (Wildman–Crippen LogP) is 2.94. The normalized spacial score (nSPS) is 14.9. The zero-order valence-corrected chi connectivity index (χ0v) is 13.0. The Hall–Kier alpha value is -2.47. The number of hydrogen-bond donors (Lipinski definition) is 3. The second kappa shape index (κ2) is 5.62. The molecule has 0 radical (unpaired) electrons. The monoisotopic (exact) mass is 330 g/mol. The second-order valence-electron chi connectivity index (χ2n) is 5.31. The van der Waals surface area contributed by atoms with Gasteiger partial charge < -0.3 is 15.3 Å². The Morgan fingerprint density at radius 2 is 1.52 bits per heavy atom. The number of aliphatic carboxylic acids is 1. The highest BCUT2D eigenvalue weighted by Crippen LogP contribution is 2.48. The molecule has 1 aliphatic carbocycles. The summed E-state index contributed by atoms with van der Waals surface area (Å²) >= 11 is 1.16. The van der Waals surface area contributed by atoms with Crippen LogP contribution in [0.5, 0.6) is 11.5 Å². The van der Waals surface area contributed by atoms with Crippen LogP contribution in [0.4, 0.5) is 0 Å². The van der Waals surface area contributed by atoms with Gasteiger partial charge in [-0.3, -0.25) is 9.59 Å². The summed E-state index contributed by atoms with van der Waals surface area (Å²) < 4.78 is 0. The molecule has 118 valence electrons. The van der Waals surface area contributed by atoms with Gasteiger partial charge in [-0.05, 0) is 30.2 Å². The van der Waals surface area contributed by atoms with E-state index in [0.717, 1.165) is 11.8 Å². The summed E-state index contributed by atoms with van der Waals surface area (Å²) in [7, 11) is 0. The van der Waals surface area contributed by atoms with E-state index < -0.39 is 22.3 Å². The summed E-state index contributed by atoms with van der Waals surface area (Å²) in [5.74, 6) is -1.76. The fourth-order valence-electron chi connectivity index (χ4n) is 2.75. The van der Waals surface area contributed by atoms with Gasteiger partial charge >= 0.3 is 5.97 Å². The number of carbonyl (C=O) groups is 2. The Morgan fingerprint density at radius 1 is 1.04 bits per heavy atom. The number of rotatable bonds is 3. The number of thioether (sulfide) groups is 1. The summed E-state index contributed by atoms with van der Waals surface area (Å²) in [5, 5.41) is 28.2. The topological polar surface area (TPSA) is 94.8 Å². The number of phenolic OH excluding ortho intramolecular Hbond substituents is 2. The first-order chi connectivity index (χ1) is 10.9. The first-order valence-corrected chi connectivity index (χ1v) is 7.92. The van der Waals surface area contributed by atoms with E-state index in [4.69, 9.17) is 0 Å². The molecule has 0 heterocycles. The molecule has 1 atom stereocenters. The van der Waals surface area contributed by atoms with Crippen LogP contribution in [0, 0.1) is 0 Å². The number of aromatic hydroxyl groups is 2. The summed E-state index contributed by atoms with van der Waals surface area (Å²) in [4.78, 5) is 23.9. The highest BCUT2D eigenvalue weighted by molar-refractivity contribution is 8.01. The van der Waals surface area contributed by atoms with Crippen molar-refractivity contribution in [1.82, 2.24) is 0 Å². The molecule has 0 spiro atoms. The third-order valence-electron chi connectivity index (χ3n) is 3.86. The number of ketones is 1. The lowest BCUT2D eigenvalue weighted by molar-refractivity contribution is -0.136. The van der Waals surface area contributed by atoms with Crippen molar-refractivity contribution >= 4 is 23.5 Å². The van der Waals surface area contributed by atoms with E-state index in [-0.39, 0.29) is 22.6 Å². The van der Waals surface area contributed by atoms with Gasteiger partial charge in [-0.2, -0.15) is 0 Å². The highest BCUT2D eigenvalue weighted by atomic mass is 32.2. The molecule has 2 aromatic rings. The van der Waals surface area contributed by atoms with Gasteiger partial charge in [0.25, 0.3) is 0 Å². The molecule has 0 saturated heterocycles. The Labute approximate surface area is 136 Å². The minimum Gasteiger partial charge on any atom is -0.507 e. The Balaban J connectivity index is 2.23. The molecule has 0 aromatic heterocycles. The summed E-state index contributed by atoms with van der Waals surface area (Å²) in [6.07, 6.45) is 0. The van der Waals surface area contributed by atoms with Crippen molar-refractivity contribution in [2.24, 2.45) is 0 Å². The molecule has 3 rings (SSSR count). The van der Waals surface area contributed by atoms with Gasteiger partial charge in [0.1, 0.15) is 16.7 Å². The van der Waals surface area contributed by atoms with Crippen molar-refractivity contribution in [2.75, 3.05) is 0 Å². The van der Waals surface area contributed by atoms with Crippen molar-refractivity contribution < 1.29 is 24.9 Å². The molecule has 3 N–H and O–H groups in total.